The number of carbonyl (C=O) groups is 1. The van der Waals surface area contributed by atoms with Gasteiger partial charge in [-0.3, -0.25) is 4.31 Å². The van der Waals surface area contributed by atoms with Gasteiger partial charge in [-0.1, -0.05) is 78.3 Å². The Morgan fingerprint density at radius 3 is 2.18 bits per heavy atom. The van der Waals surface area contributed by atoms with Crippen molar-refractivity contribution in [3.8, 4) is 0 Å². The molecule has 0 unspecified atom stereocenters. The minimum absolute atomic E-state index is 0.0257. The van der Waals surface area contributed by atoms with Crippen LogP contribution < -0.4 is 9.21 Å². The number of esters is 1. The zero-order valence-electron chi connectivity index (χ0n) is 21.0. The highest BCUT2D eigenvalue weighted by Crippen LogP contribution is 2.32. The molecular weight excluding hydrogens is 520 g/mol. The number of hydrogen-bond acceptors (Lipinski definition) is 5. The van der Waals surface area contributed by atoms with Gasteiger partial charge in [-0.2, -0.15) is 0 Å². The summed E-state index contributed by atoms with van der Waals surface area (Å²) < 4.78 is 34.5. The fourth-order valence-corrected chi connectivity index (χ4v) is 5.86. The number of carbonyl (C=O) groups excluding carboxylic acids is 1. The van der Waals surface area contributed by atoms with Crippen LogP contribution in [0, 0.1) is 0 Å². The van der Waals surface area contributed by atoms with Crippen molar-refractivity contribution >= 4 is 39.0 Å². The number of benzene rings is 4. The van der Waals surface area contributed by atoms with Gasteiger partial charge in [0.25, 0.3) is 10.0 Å². The molecule has 0 radical (unpaired) electrons. The Morgan fingerprint density at radius 1 is 0.842 bits per heavy atom. The first-order valence-electron chi connectivity index (χ1n) is 12.3. The van der Waals surface area contributed by atoms with Gasteiger partial charge < -0.3 is 9.64 Å². The van der Waals surface area contributed by atoms with Crippen LogP contribution in [0.2, 0.25) is 5.02 Å². The molecule has 4 aromatic carbocycles. The molecular formula is C30H29ClN2O4S. The minimum atomic E-state index is -4.07. The highest BCUT2D eigenvalue weighted by molar-refractivity contribution is 7.92. The summed E-state index contributed by atoms with van der Waals surface area (Å²) in [5.74, 6) is -0.585. The normalized spacial score (nSPS) is 11.1. The predicted octanol–water partition coefficient (Wildman–Crippen LogP) is 6.42. The van der Waals surface area contributed by atoms with E-state index < -0.39 is 16.0 Å². The number of hydrogen-bond donors (Lipinski definition) is 0. The molecule has 4 rings (SSSR count). The van der Waals surface area contributed by atoms with Crippen LogP contribution in [0.15, 0.2) is 114 Å². The van der Waals surface area contributed by atoms with Crippen LogP contribution in [0.25, 0.3) is 0 Å². The lowest BCUT2D eigenvalue weighted by atomic mass is 10.2. The van der Waals surface area contributed by atoms with E-state index in [0.29, 0.717) is 17.3 Å². The number of para-hydroxylation sites is 2. The molecule has 38 heavy (non-hydrogen) atoms. The van der Waals surface area contributed by atoms with Crippen molar-refractivity contribution in [2.24, 2.45) is 0 Å². The standard InChI is InChI=1S/C30H29ClN2O4S/c1-2-32(26-15-7-4-8-16-26)20-21-37-30(34)25-14-11-17-27(22-25)38(35,36)33(23-24-12-5-3-6-13-24)29-19-10-9-18-28(29)31/h3-19,22H,2,20-21,23H2,1H3. The number of halogens is 1. The van der Waals surface area contributed by atoms with Crippen LogP contribution in [0.5, 0.6) is 0 Å². The second-order valence-corrected chi connectivity index (χ2v) is 10.8. The maximum atomic E-state index is 13.9. The van der Waals surface area contributed by atoms with Crippen molar-refractivity contribution in [2.75, 3.05) is 28.9 Å². The van der Waals surface area contributed by atoms with E-state index in [1.807, 2.05) is 67.6 Å². The van der Waals surface area contributed by atoms with Crippen LogP contribution >= 0.6 is 11.6 Å². The second-order valence-electron chi connectivity index (χ2n) is 8.53. The van der Waals surface area contributed by atoms with Crippen molar-refractivity contribution in [1.29, 1.82) is 0 Å². The van der Waals surface area contributed by atoms with Crippen molar-refractivity contribution < 1.29 is 17.9 Å². The number of sulfonamides is 1. The van der Waals surface area contributed by atoms with E-state index in [-0.39, 0.29) is 23.6 Å². The first-order valence-corrected chi connectivity index (χ1v) is 14.1. The van der Waals surface area contributed by atoms with E-state index in [9.17, 15) is 13.2 Å². The average molecular weight is 549 g/mol. The molecule has 0 heterocycles. The largest absolute Gasteiger partial charge is 0.460 e. The zero-order chi connectivity index (χ0) is 27.0. The Hall–Kier alpha value is -3.81. The zero-order valence-corrected chi connectivity index (χ0v) is 22.6. The Labute approximate surface area is 229 Å². The Bertz CT molecular complexity index is 1460. The fraction of sp³-hybridized carbons (Fsp3) is 0.167. The maximum Gasteiger partial charge on any atom is 0.338 e. The van der Waals surface area contributed by atoms with Gasteiger partial charge >= 0.3 is 5.97 Å². The topological polar surface area (TPSA) is 66.9 Å². The lowest BCUT2D eigenvalue weighted by Gasteiger charge is -2.26. The molecule has 6 nitrogen and oxygen atoms in total. The summed E-state index contributed by atoms with van der Waals surface area (Å²) in [6, 6.07) is 31.8. The van der Waals surface area contributed by atoms with Gasteiger partial charge in [0, 0.05) is 12.2 Å². The Balaban J connectivity index is 1.54. The summed E-state index contributed by atoms with van der Waals surface area (Å²) in [6.45, 7) is 3.55. The van der Waals surface area contributed by atoms with Gasteiger partial charge in [-0.15, -0.1) is 0 Å². The van der Waals surface area contributed by atoms with E-state index >= 15 is 0 Å². The highest BCUT2D eigenvalue weighted by Gasteiger charge is 2.27. The molecule has 0 bridgehead atoms. The summed E-state index contributed by atoms with van der Waals surface area (Å²) in [5.41, 5.74) is 2.35. The van der Waals surface area contributed by atoms with Crippen molar-refractivity contribution in [3.63, 3.8) is 0 Å². The van der Waals surface area contributed by atoms with Crippen LogP contribution in [0.1, 0.15) is 22.8 Å². The molecule has 0 atom stereocenters. The number of likely N-dealkylation sites (N-methyl/N-ethyl adjacent to an activating group) is 1. The minimum Gasteiger partial charge on any atom is -0.460 e. The molecule has 0 amide bonds. The molecule has 0 aliphatic rings. The van der Waals surface area contributed by atoms with Crippen molar-refractivity contribution in [2.45, 2.75) is 18.4 Å². The molecule has 0 saturated heterocycles. The quantitative estimate of drug-likeness (QED) is 0.202. The third-order valence-electron chi connectivity index (χ3n) is 6.05. The fourth-order valence-electron chi connectivity index (χ4n) is 4.05. The SMILES string of the molecule is CCN(CCOC(=O)c1cccc(S(=O)(=O)N(Cc2ccccc2)c2ccccc2Cl)c1)c1ccccc1. The van der Waals surface area contributed by atoms with Gasteiger partial charge in [0.1, 0.15) is 6.61 Å². The van der Waals surface area contributed by atoms with E-state index in [1.165, 1.54) is 16.4 Å². The first kappa shape index (κ1) is 27.2. The molecule has 4 aromatic rings. The van der Waals surface area contributed by atoms with Crippen LogP contribution in [-0.2, 0) is 21.3 Å². The second kappa shape index (κ2) is 12.6. The van der Waals surface area contributed by atoms with E-state index in [0.717, 1.165) is 17.8 Å². The Kier molecular flexibility index (Phi) is 9.05. The summed E-state index contributed by atoms with van der Waals surface area (Å²) in [6.07, 6.45) is 0. The van der Waals surface area contributed by atoms with Gasteiger partial charge in [0.2, 0.25) is 0 Å². The average Bonchev–Trinajstić information content (AvgIpc) is 2.95. The molecule has 0 fully saturated rings. The van der Waals surface area contributed by atoms with Gasteiger partial charge in [0.05, 0.1) is 34.3 Å². The molecule has 0 aliphatic heterocycles. The number of nitrogens with zero attached hydrogens (tertiary/aromatic N) is 2. The van der Waals surface area contributed by atoms with Crippen LogP contribution in [0.4, 0.5) is 11.4 Å². The van der Waals surface area contributed by atoms with Gasteiger partial charge in [-0.25, -0.2) is 13.2 Å². The molecule has 0 aromatic heterocycles. The summed E-state index contributed by atoms with van der Waals surface area (Å²) in [7, 11) is -4.07. The monoisotopic (exact) mass is 548 g/mol. The number of ether oxygens (including phenoxy) is 1. The summed E-state index contributed by atoms with van der Waals surface area (Å²) >= 11 is 6.42. The van der Waals surface area contributed by atoms with E-state index in [1.54, 1.807) is 36.4 Å². The molecule has 8 heteroatoms. The summed E-state index contributed by atoms with van der Waals surface area (Å²) in [4.78, 5) is 14.9. The third-order valence-corrected chi connectivity index (χ3v) is 8.12. The molecule has 196 valence electrons. The molecule has 0 N–H and O–H groups in total. The van der Waals surface area contributed by atoms with Crippen molar-refractivity contribution in [1.82, 2.24) is 0 Å². The number of rotatable bonds is 11. The van der Waals surface area contributed by atoms with Crippen LogP contribution in [0.3, 0.4) is 0 Å². The first-order chi connectivity index (χ1) is 18.4. The third kappa shape index (κ3) is 6.54. The van der Waals surface area contributed by atoms with Gasteiger partial charge in [0.15, 0.2) is 0 Å². The highest BCUT2D eigenvalue weighted by atomic mass is 35.5. The smallest absolute Gasteiger partial charge is 0.338 e. The molecule has 0 spiro atoms. The molecule has 0 saturated carbocycles. The van der Waals surface area contributed by atoms with E-state index in [2.05, 4.69) is 4.90 Å². The predicted molar refractivity (Wildman–Crippen MR) is 152 cm³/mol. The lowest BCUT2D eigenvalue weighted by Crippen LogP contribution is -2.31. The van der Waals surface area contributed by atoms with Gasteiger partial charge in [-0.05, 0) is 55.0 Å². The number of anilines is 2. The maximum absolute atomic E-state index is 13.9. The molecule has 0 aliphatic carbocycles. The van der Waals surface area contributed by atoms with Crippen molar-refractivity contribution in [3.05, 3.63) is 125 Å². The Morgan fingerprint density at radius 2 is 1.50 bits per heavy atom. The van der Waals surface area contributed by atoms with Crippen LogP contribution in [-0.4, -0.2) is 34.1 Å². The van der Waals surface area contributed by atoms with E-state index in [4.69, 9.17) is 16.3 Å². The summed E-state index contributed by atoms with van der Waals surface area (Å²) in [5, 5.41) is 0.307. The lowest BCUT2D eigenvalue weighted by molar-refractivity contribution is 0.0515.